The molecule has 6 heteroatoms. The maximum absolute atomic E-state index is 12.9. The molecule has 0 saturated carbocycles. The third kappa shape index (κ3) is 61.1. The topological polar surface area (TPSA) is 78.9 Å². The lowest BCUT2D eigenvalue weighted by Gasteiger charge is -2.18. The minimum atomic E-state index is -0.762. The predicted octanol–water partition coefficient (Wildman–Crippen LogP) is 22.7. The molecule has 0 fully saturated rings. The van der Waals surface area contributed by atoms with Crippen molar-refractivity contribution in [2.75, 3.05) is 13.2 Å². The molecular formula is C67H130O6. The molecule has 0 amide bonds. The van der Waals surface area contributed by atoms with Crippen LogP contribution in [-0.4, -0.2) is 37.2 Å². The van der Waals surface area contributed by atoms with Gasteiger partial charge in [-0.15, -0.1) is 0 Å². The van der Waals surface area contributed by atoms with Crippen molar-refractivity contribution in [3.05, 3.63) is 0 Å². The van der Waals surface area contributed by atoms with E-state index in [4.69, 9.17) is 14.2 Å². The number of hydrogen-bond acceptors (Lipinski definition) is 6. The van der Waals surface area contributed by atoms with Crippen molar-refractivity contribution >= 4 is 17.9 Å². The Hall–Kier alpha value is -1.59. The molecule has 0 aromatic rings. The summed E-state index contributed by atoms with van der Waals surface area (Å²) in [5.41, 5.74) is 0. The summed E-state index contributed by atoms with van der Waals surface area (Å²) >= 11 is 0. The lowest BCUT2D eigenvalue weighted by Crippen LogP contribution is -2.30. The van der Waals surface area contributed by atoms with Crippen LogP contribution in [-0.2, 0) is 28.6 Å². The van der Waals surface area contributed by atoms with Crippen LogP contribution in [0.4, 0.5) is 0 Å². The molecule has 1 atom stereocenters. The Morgan fingerprint density at radius 2 is 0.370 bits per heavy atom. The summed E-state index contributed by atoms with van der Waals surface area (Å²) in [4.78, 5) is 38.3. The summed E-state index contributed by atoms with van der Waals surface area (Å²) in [6.45, 7) is 6.73. The third-order valence-electron chi connectivity index (χ3n) is 15.6. The van der Waals surface area contributed by atoms with E-state index in [-0.39, 0.29) is 31.1 Å². The van der Waals surface area contributed by atoms with Crippen LogP contribution in [0.1, 0.15) is 393 Å². The molecule has 0 bridgehead atoms. The summed E-state index contributed by atoms with van der Waals surface area (Å²) in [5.74, 6) is -0.823. The van der Waals surface area contributed by atoms with Gasteiger partial charge in [-0.25, -0.2) is 0 Å². The smallest absolute Gasteiger partial charge is 0.306 e. The van der Waals surface area contributed by atoms with Gasteiger partial charge in [-0.3, -0.25) is 14.4 Å². The van der Waals surface area contributed by atoms with Crippen LogP contribution >= 0.6 is 0 Å². The van der Waals surface area contributed by atoms with E-state index in [1.54, 1.807) is 0 Å². The van der Waals surface area contributed by atoms with Gasteiger partial charge >= 0.3 is 17.9 Å². The van der Waals surface area contributed by atoms with E-state index < -0.39 is 6.10 Å². The fraction of sp³-hybridized carbons (Fsp3) is 0.955. The number of unbranched alkanes of at least 4 members (excludes halogenated alkanes) is 52. The van der Waals surface area contributed by atoms with Gasteiger partial charge < -0.3 is 14.2 Å². The highest BCUT2D eigenvalue weighted by molar-refractivity contribution is 5.71. The molecule has 434 valence electrons. The van der Waals surface area contributed by atoms with Crippen LogP contribution in [0.2, 0.25) is 0 Å². The second kappa shape index (κ2) is 62.9. The molecule has 0 N–H and O–H groups in total. The molecule has 0 aromatic carbocycles. The fourth-order valence-electron chi connectivity index (χ4n) is 10.6. The Bertz CT molecular complexity index is 1090. The van der Waals surface area contributed by atoms with Crippen molar-refractivity contribution in [2.45, 2.75) is 399 Å². The first-order valence-corrected chi connectivity index (χ1v) is 33.5. The molecule has 0 radical (unpaired) electrons. The summed E-state index contributed by atoms with van der Waals surface area (Å²) in [7, 11) is 0. The Kier molecular flexibility index (Phi) is 61.6. The summed E-state index contributed by atoms with van der Waals surface area (Å²) in [5, 5.41) is 0. The number of ether oxygens (including phenoxy) is 3. The second-order valence-corrected chi connectivity index (χ2v) is 23.1. The molecule has 0 rings (SSSR count). The Morgan fingerprint density at radius 3 is 0.548 bits per heavy atom. The van der Waals surface area contributed by atoms with Gasteiger partial charge in [0, 0.05) is 19.3 Å². The van der Waals surface area contributed by atoms with Gasteiger partial charge in [-0.2, -0.15) is 0 Å². The van der Waals surface area contributed by atoms with Crippen molar-refractivity contribution < 1.29 is 28.6 Å². The number of carbonyl (C=O) groups is 3. The Labute approximate surface area is 457 Å². The van der Waals surface area contributed by atoms with Crippen molar-refractivity contribution in [3.63, 3.8) is 0 Å². The molecule has 0 aliphatic heterocycles. The number of rotatable bonds is 63. The van der Waals surface area contributed by atoms with Crippen molar-refractivity contribution in [1.82, 2.24) is 0 Å². The van der Waals surface area contributed by atoms with Crippen molar-refractivity contribution in [3.8, 4) is 0 Å². The van der Waals surface area contributed by atoms with Crippen LogP contribution < -0.4 is 0 Å². The van der Waals surface area contributed by atoms with Gasteiger partial charge in [0.25, 0.3) is 0 Å². The van der Waals surface area contributed by atoms with Crippen LogP contribution in [0, 0.1) is 0 Å². The highest BCUT2D eigenvalue weighted by atomic mass is 16.6. The predicted molar refractivity (Wildman–Crippen MR) is 317 cm³/mol. The molecule has 73 heavy (non-hydrogen) atoms. The molecule has 0 unspecified atom stereocenters. The molecule has 0 aromatic heterocycles. The SMILES string of the molecule is CCCCCCCCCCCCCCCCCCCCCCCC(=O)OC[C@H](COC(=O)CCCCCCCCCCCCCCC)OC(=O)CCCCCCCCCCCCCCCCCCCCCCC. The van der Waals surface area contributed by atoms with Crippen LogP contribution in [0.25, 0.3) is 0 Å². The first kappa shape index (κ1) is 71.4. The van der Waals surface area contributed by atoms with Crippen LogP contribution in [0.5, 0.6) is 0 Å². The van der Waals surface area contributed by atoms with Gasteiger partial charge in [-0.05, 0) is 19.3 Å². The van der Waals surface area contributed by atoms with E-state index in [1.165, 1.54) is 295 Å². The van der Waals surface area contributed by atoms with E-state index in [0.717, 1.165) is 57.8 Å². The van der Waals surface area contributed by atoms with E-state index in [2.05, 4.69) is 20.8 Å². The van der Waals surface area contributed by atoms with E-state index in [0.29, 0.717) is 19.3 Å². The van der Waals surface area contributed by atoms with Crippen LogP contribution in [0.15, 0.2) is 0 Å². The van der Waals surface area contributed by atoms with Crippen molar-refractivity contribution in [2.24, 2.45) is 0 Å². The highest BCUT2D eigenvalue weighted by Gasteiger charge is 2.19. The lowest BCUT2D eigenvalue weighted by atomic mass is 10.0. The molecule has 0 aliphatic carbocycles. The maximum atomic E-state index is 12.9. The molecular weight excluding hydrogens is 901 g/mol. The van der Waals surface area contributed by atoms with E-state index >= 15 is 0 Å². The van der Waals surface area contributed by atoms with Gasteiger partial charge in [0.05, 0.1) is 0 Å². The van der Waals surface area contributed by atoms with E-state index in [1.807, 2.05) is 0 Å². The molecule has 6 nitrogen and oxygen atoms in total. The maximum Gasteiger partial charge on any atom is 0.306 e. The largest absolute Gasteiger partial charge is 0.462 e. The summed E-state index contributed by atoms with van der Waals surface area (Å²) in [6, 6.07) is 0. The highest BCUT2D eigenvalue weighted by Crippen LogP contribution is 2.19. The monoisotopic (exact) mass is 1030 g/mol. The Balaban J connectivity index is 4.22. The van der Waals surface area contributed by atoms with E-state index in [9.17, 15) is 14.4 Å². The zero-order valence-corrected chi connectivity index (χ0v) is 50.0. The zero-order chi connectivity index (χ0) is 52.9. The average molecular weight is 1030 g/mol. The third-order valence-corrected chi connectivity index (χ3v) is 15.6. The Morgan fingerprint density at radius 1 is 0.219 bits per heavy atom. The first-order chi connectivity index (χ1) is 36.0. The fourth-order valence-corrected chi connectivity index (χ4v) is 10.6. The summed E-state index contributed by atoms with van der Waals surface area (Å²) in [6.07, 6.45) is 72.6. The van der Waals surface area contributed by atoms with Crippen LogP contribution in [0.3, 0.4) is 0 Å². The standard InChI is InChI=1S/C67H130O6/c1-4-7-10-13-16-19-22-25-27-29-31-33-35-37-39-42-45-48-51-54-57-60-66(69)72-63-64(62-71-65(68)59-56-53-50-47-44-41-24-21-18-15-12-9-6-3)73-67(70)61-58-55-52-49-46-43-40-38-36-34-32-30-28-26-23-20-17-14-11-8-5-2/h64H,4-63H2,1-3H3/t64-/m0/s1. The van der Waals surface area contributed by atoms with Gasteiger partial charge in [0.2, 0.25) is 0 Å². The van der Waals surface area contributed by atoms with Gasteiger partial charge in [-0.1, -0.05) is 355 Å². The van der Waals surface area contributed by atoms with Gasteiger partial charge in [0.15, 0.2) is 6.10 Å². The minimum absolute atomic E-state index is 0.0604. The molecule has 0 heterocycles. The van der Waals surface area contributed by atoms with Crippen molar-refractivity contribution in [1.29, 1.82) is 0 Å². The number of hydrogen-bond donors (Lipinski definition) is 0. The molecule has 0 aliphatic rings. The first-order valence-electron chi connectivity index (χ1n) is 33.5. The zero-order valence-electron chi connectivity index (χ0n) is 50.0. The molecule has 0 saturated heterocycles. The normalized spacial score (nSPS) is 11.9. The minimum Gasteiger partial charge on any atom is -0.462 e. The average Bonchev–Trinajstić information content (AvgIpc) is 3.39. The number of esters is 3. The summed E-state index contributed by atoms with van der Waals surface area (Å²) < 4.78 is 17.0. The van der Waals surface area contributed by atoms with Gasteiger partial charge in [0.1, 0.15) is 13.2 Å². The quantitative estimate of drug-likeness (QED) is 0.0343. The molecule has 0 spiro atoms. The number of carbonyl (C=O) groups excluding carboxylic acids is 3. The second-order valence-electron chi connectivity index (χ2n) is 23.1. The lowest BCUT2D eigenvalue weighted by molar-refractivity contribution is -0.167.